The Hall–Kier alpha value is -0.200. The summed E-state index contributed by atoms with van der Waals surface area (Å²) in [6, 6.07) is 2.36. The van der Waals surface area contributed by atoms with E-state index in [0.717, 1.165) is 25.9 Å². The number of hydrogen-bond acceptors (Lipinski definition) is 3. The van der Waals surface area contributed by atoms with Crippen LogP contribution in [0.4, 0.5) is 0 Å². The van der Waals surface area contributed by atoms with Crippen LogP contribution in [0, 0.1) is 17.2 Å². The van der Waals surface area contributed by atoms with Gasteiger partial charge in [-0.3, -0.25) is 0 Å². The maximum atomic E-state index is 8.72. The molecule has 1 aliphatic heterocycles. The third-order valence-electron chi connectivity index (χ3n) is 2.53. The molecule has 0 radical (unpaired) electrons. The van der Waals surface area contributed by atoms with Crippen LogP contribution < -0.4 is 0 Å². The molecule has 74 valence electrons. The van der Waals surface area contributed by atoms with Crippen molar-refractivity contribution < 1.29 is 0 Å². The fourth-order valence-electron chi connectivity index (χ4n) is 1.62. The zero-order valence-electron chi connectivity index (χ0n) is 8.33. The van der Waals surface area contributed by atoms with Gasteiger partial charge in [0, 0.05) is 18.2 Å². The normalized spacial score (nSPS) is 20.0. The van der Waals surface area contributed by atoms with Gasteiger partial charge in [0.2, 0.25) is 0 Å². The second kappa shape index (κ2) is 6.28. The molecule has 0 saturated carbocycles. The van der Waals surface area contributed by atoms with Crippen molar-refractivity contribution in [1.29, 1.82) is 5.26 Å². The van der Waals surface area contributed by atoms with Gasteiger partial charge in [0.05, 0.1) is 6.07 Å². The number of rotatable bonds is 4. The molecule has 3 heteroatoms. The number of nitrogens with zero attached hydrogens (tertiary/aromatic N) is 2. The fraction of sp³-hybridized carbons (Fsp3) is 0.900. The number of likely N-dealkylation sites (tertiary alicyclic amines) is 1. The SMILES string of the molecule is CCSCCN1CCC(C#N)CC1. The van der Waals surface area contributed by atoms with Crippen molar-refractivity contribution >= 4 is 11.8 Å². The first-order chi connectivity index (χ1) is 6.36. The Kier molecular flexibility index (Phi) is 5.26. The second-order valence-corrected chi connectivity index (χ2v) is 4.84. The summed E-state index contributed by atoms with van der Waals surface area (Å²) in [5, 5.41) is 8.72. The molecule has 1 fully saturated rings. The molecular weight excluding hydrogens is 180 g/mol. The second-order valence-electron chi connectivity index (χ2n) is 3.44. The lowest BCUT2D eigenvalue weighted by atomic mass is 9.99. The molecule has 0 aromatic rings. The van der Waals surface area contributed by atoms with Crippen LogP contribution in [0.2, 0.25) is 0 Å². The molecule has 2 nitrogen and oxygen atoms in total. The number of piperidine rings is 1. The van der Waals surface area contributed by atoms with Gasteiger partial charge in [-0.05, 0) is 31.7 Å². The van der Waals surface area contributed by atoms with Gasteiger partial charge < -0.3 is 4.90 Å². The van der Waals surface area contributed by atoms with Gasteiger partial charge in [0.25, 0.3) is 0 Å². The van der Waals surface area contributed by atoms with E-state index >= 15 is 0 Å². The van der Waals surface area contributed by atoms with E-state index in [-0.39, 0.29) is 0 Å². The number of nitriles is 1. The molecule has 0 bridgehead atoms. The highest BCUT2D eigenvalue weighted by Gasteiger charge is 2.17. The molecule has 0 aromatic heterocycles. The van der Waals surface area contributed by atoms with Gasteiger partial charge >= 0.3 is 0 Å². The summed E-state index contributed by atoms with van der Waals surface area (Å²) in [4.78, 5) is 2.48. The summed E-state index contributed by atoms with van der Waals surface area (Å²) < 4.78 is 0. The maximum Gasteiger partial charge on any atom is 0.0656 e. The van der Waals surface area contributed by atoms with Crippen LogP contribution in [0.1, 0.15) is 19.8 Å². The molecule has 0 spiro atoms. The highest BCUT2D eigenvalue weighted by Crippen LogP contribution is 2.16. The van der Waals surface area contributed by atoms with Crippen molar-refractivity contribution in [2.45, 2.75) is 19.8 Å². The van der Waals surface area contributed by atoms with Crippen molar-refractivity contribution in [3.63, 3.8) is 0 Å². The van der Waals surface area contributed by atoms with Crippen LogP contribution in [-0.4, -0.2) is 36.0 Å². The van der Waals surface area contributed by atoms with Crippen LogP contribution in [0.15, 0.2) is 0 Å². The molecule has 0 atom stereocenters. The first-order valence-corrected chi connectivity index (χ1v) is 6.22. The van der Waals surface area contributed by atoms with E-state index in [0.29, 0.717) is 5.92 Å². The zero-order chi connectivity index (χ0) is 9.52. The van der Waals surface area contributed by atoms with Crippen LogP contribution in [-0.2, 0) is 0 Å². The topological polar surface area (TPSA) is 27.0 Å². The zero-order valence-corrected chi connectivity index (χ0v) is 9.15. The van der Waals surface area contributed by atoms with E-state index in [2.05, 4.69) is 17.9 Å². The predicted octanol–water partition coefficient (Wildman–Crippen LogP) is 1.98. The third kappa shape index (κ3) is 4.02. The quantitative estimate of drug-likeness (QED) is 0.646. The van der Waals surface area contributed by atoms with E-state index < -0.39 is 0 Å². The molecule has 1 aliphatic rings. The van der Waals surface area contributed by atoms with Gasteiger partial charge in [-0.1, -0.05) is 6.92 Å². The lowest BCUT2D eigenvalue weighted by Gasteiger charge is -2.28. The summed E-state index contributed by atoms with van der Waals surface area (Å²) in [6.45, 7) is 5.66. The van der Waals surface area contributed by atoms with Crippen LogP contribution >= 0.6 is 11.8 Å². The van der Waals surface area contributed by atoms with Crippen molar-refractivity contribution in [3.8, 4) is 6.07 Å². The smallest absolute Gasteiger partial charge is 0.0656 e. The summed E-state index contributed by atoms with van der Waals surface area (Å²) in [5.74, 6) is 2.79. The van der Waals surface area contributed by atoms with Crippen molar-refractivity contribution in [3.05, 3.63) is 0 Å². The summed E-state index contributed by atoms with van der Waals surface area (Å²) >= 11 is 2.00. The molecule has 0 aromatic carbocycles. The average molecular weight is 198 g/mol. The Labute approximate surface area is 85.3 Å². The van der Waals surface area contributed by atoms with E-state index in [1.807, 2.05) is 11.8 Å². The van der Waals surface area contributed by atoms with Gasteiger partial charge in [0.15, 0.2) is 0 Å². The molecular formula is C10H18N2S. The van der Waals surface area contributed by atoms with E-state index in [4.69, 9.17) is 5.26 Å². The molecule has 1 rings (SSSR count). The first-order valence-electron chi connectivity index (χ1n) is 5.06. The lowest BCUT2D eigenvalue weighted by molar-refractivity contribution is 0.217. The van der Waals surface area contributed by atoms with Crippen molar-refractivity contribution in [2.75, 3.05) is 31.1 Å². The van der Waals surface area contributed by atoms with Crippen molar-refractivity contribution in [2.24, 2.45) is 5.92 Å². The Morgan fingerprint density at radius 2 is 2.15 bits per heavy atom. The fourth-order valence-corrected chi connectivity index (χ4v) is 2.30. The Bertz CT molecular complexity index is 168. The van der Waals surface area contributed by atoms with E-state index in [1.54, 1.807) is 0 Å². The monoisotopic (exact) mass is 198 g/mol. The highest BCUT2D eigenvalue weighted by molar-refractivity contribution is 7.99. The van der Waals surface area contributed by atoms with Gasteiger partial charge in [-0.15, -0.1) is 0 Å². The Balaban J connectivity index is 2.08. The largest absolute Gasteiger partial charge is 0.302 e. The first kappa shape index (κ1) is 10.9. The molecule has 0 aliphatic carbocycles. The van der Waals surface area contributed by atoms with Gasteiger partial charge in [-0.2, -0.15) is 17.0 Å². The maximum absolute atomic E-state index is 8.72. The number of thioether (sulfide) groups is 1. The number of hydrogen-bond donors (Lipinski definition) is 0. The highest BCUT2D eigenvalue weighted by atomic mass is 32.2. The molecule has 0 N–H and O–H groups in total. The summed E-state index contributed by atoms with van der Waals surface area (Å²) in [5.41, 5.74) is 0. The standard InChI is InChI=1S/C10H18N2S/c1-2-13-8-7-12-5-3-10(9-11)4-6-12/h10H,2-8H2,1H3. The Morgan fingerprint density at radius 3 is 2.69 bits per heavy atom. The minimum absolute atomic E-state index is 0.329. The summed E-state index contributed by atoms with van der Waals surface area (Å²) in [6.07, 6.45) is 2.15. The molecule has 0 unspecified atom stereocenters. The van der Waals surface area contributed by atoms with E-state index in [1.165, 1.54) is 18.1 Å². The minimum atomic E-state index is 0.329. The van der Waals surface area contributed by atoms with Gasteiger partial charge in [-0.25, -0.2) is 0 Å². The van der Waals surface area contributed by atoms with Crippen LogP contribution in [0.25, 0.3) is 0 Å². The minimum Gasteiger partial charge on any atom is -0.302 e. The molecule has 1 saturated heterocycles. The molecule has 13 heavy (non-hydrogen) atoms. The van der Waals surface area contributed by atoms with Gasteiger partial charge in [0.1, 0.15) is 0 Å². The van der Waals surface area contributed by atoms with E-state index in [9.17, 15) is 0 Å². The molecule has 1 heterocycles. The predicted molar refractivity (Wildman–Crippen MR) is 57.8 cm³/mol. The average Bonchev–Trinajstić information content (AvgIpc) is 2.19. The van der Waals surface area contributed by atoms with Crippen LogP contribution in [0.3, 0.4) is 0 Å². The summed E-state index contributed by atoms with van der Waals surface area (Å²) in [7, 11) is 0. The third-order valence-corrected chi connectivity index (χ3v) is 3.41. The molecule has 0 amide bonds. The Morgan fingerprint density at radius 1 is 1.46 bits per heavy atom. The van der Waals surface area contributed by atoms with Crippen molar-refractivity contribution in [1.82, 2.24) is 4.90 Å². The van der Waals surface area contributed by atoms with Crippen LogP contribution in [0.5, 0.6) is 0 Å². The lowest BCUT2D eigenvalue weighted by Crippen LogP contribution is -2.34.